The van der Waals surface area contributed by atoms with E-state index in [4.69, 9.17) is 21.1 Å². The third-order valence-corrected chi connectivity index (χ3v) is 3.57. The zero-order chi connectivity index (χ0) is 13.0. The Hall–Kier alpha value is -0.680. The molecular weight excluding hydrogens is 257 g/mol. The Labute approximate surface area is 111 Å². The predicted molar refractivity (Wildman–Crippen MR) is 68.3 cm³/mol. The molecule has 1 N–H and O–H groups in total. The summed E-state index contributed by atoms with van der Waals surface area (Å²) in [6.07, 6.45) is 0.880. The van der Waals surface area contributed by atoms with E-state index >= 15 is 0 Å². The van der Waals surface area contributed by atoms with Crippen LogP contribution in [0.15, 0.2) is 18.2 Å². The van der Waals surface area contributed by atoms with Gasteiger partial charge in [0.05, 0.1) is 11.6 Å². The van der Waals surface area contributed by atoms with E-state index in [1.54, 1.807) is 13.2 Å². The lowest BCUT2D eigenvalue weighted by Gasteiger charge is -2.26. The summed E-state index contributed by atoms with van der Waals surface area (Å²) < 4.78 is 24.1. The Morgan fingerprint density at radius 1 is 1.56 bits per heavy atom. The van der Waals surface area contributed by atoms with Gasteiger partial charge in [-0.05, 0) is 17.7 Å². The SMILES string of the molecule is COC1(CNCc2ccc(Cl)c(F)c2)CCOC1. The van der Waals surface area contributed by atoms with Crippen LogP contribution in [0.25, 0.3) is 0 Å². The van der Waals surface area contributed by atoms with Crippen LogP contribution < -0.4 is 5.32 Å². The van der Waals surface area contributed by atoms with Crippen LogP contribution in [-0.2, 0) is 16.0 Å². The zero-order valence-electron chi connectivity index (χ0n) is 10.3. The molecule has 0 spiro atoms. The Bertz CT molecular complexity index is 408. The van der Waals surface area contributed by atoms with E-state index in [1.807, 2.05) is 6.07 Å². The number of ether oxygens (including phenoxy) is 2. The molecule has 1 saturated heterocycles. The van der Waals surface area contributed by atoms with Crippen molar-refractivity contribution in [2.45, 2.75) is 18.6 Å². The fraction of sp³-hybridized carbons (Fsp3) is 0.538. The lowest BCUT2D eigenvalue weighted by Crippen LogP contribution is -2.42. The van der Waals surface area contributed by atoms with Gasteiger partial charge in [-0.1, -0.05) is 17.7 Å². The minimum absolute atomic E-state index is 0.149. The molecule has 0 amide bonds. The van der Waals surface area contributed by atoms with Crippen LogP contribution in [0.3, 0.4) is 0 Å². The molecule has 1 aromatic rings. The van der Waals surface area contributed by atoms with Crippen LogP contribution >= 0.6 is 11.6 Å². The van der Waals surface area contributed by atoms with Crippen molar-refractivity contribution in [3.05, 3.63) is 34.6 Å². The molecule has 0 aromatic heterocycles. The van der Waals surface area contributed by atoms with Crippen LogP contribution in [-0.4, -0.2) is 32.5 Å². The van der Waals surface area contributed by atoms with Crippen molar-refractivity contribution in [1.82, 2.24) is 5.32 Å². The summed E-state index contributed by atoms with van der Waals surface area (Å²) in [6, 6.07) is 4.82. The molecule has 0 saturated carbocycles. The average molecular weight is 274 g/mol. The van der Waals surface area contributed by atoms with Crippen molar-refractivity contribution in [1.29, 1.82) is 0 Å². The largest absolute Gasteiger partial charge is 0.378 e. The van der Waals surface area contributed by atoms with Gasteiger partial charge in [-0.3, -0.25) is 0 Å². The number of hydrogen-bond donors (Lipinski definition) is 1. The standard InChI is InChI=1S/C13H17ClFNO2/c1-17-13(4-5-18-9-13)8-16-7-10-2-3-11(14)12(15)6-10/h2-3,6,16H,4-5,7-9H2,1H3. The monoisotopic (exact) mass is 273 g/mol. The number of hydrogen-bond acceptors (Lipinski definition) is 3. The van der Waals surface area contributed by atoms with Crippen LogP contribution in [0.2, 0.25) is 5.02 Å². The number of rotatable bonds is 5. The van der Waals surface area contributed by atoms with Crippen LogP contribution in [0.1, 0.15) is 12.0 Å². The molecule has 5 heteroatoms. The molecule has 1 heterocycles. The maximum Gasteiger partial charge on any atom is 0.142 e. The quantitative estimate of drug-likeness (QED) is 0.893. The van der Waals surface area contributed by atoms with Gasteiger partial charge in [0.15, 0.2) is 0 Å². The molecule has 1 aromatic carbocycles. The van der Waals surface area contributed by atoms with Crippen molar-refractivity contribution < 1.29 is 13.9 Å². The van der Waals surface area contributed by atoms with E-state index in [0.717, 1.165) is 18.6 Å². The number of methoxy groups -OCH3 is 1. The van der Waals surface area contributed by atoms with Crippen molar-refractivity contribution in [2.24, 2.45) is 0 Å². The maximum atomic E-state index is 13.2. The lowest BCUT2D eigenvalue weighted by molar-refractivity contribution is -0.0159. The fourth-order valence-electron chi connectivity index (χ4n) is 2.05. The molecule has 1 aliphatic heterocycles. The second-order valence-electron chi connectivity index (χ2n) is 4.54. The van der Waals surface area contributed by atoms with Gasteiger partial charge in [-0.25, -0.2) is 4.39 Å². The molecule has 1 atom stereocenters. The van der Waals surface area contributed by atoms with Gasteiger partial charge in [0.2, 0.25) is 0 Å². The minimum atomic E-state index is -0.387. The van der Waals surface area contributed by atoms with Gasteiger partial charge < -0.3 is 14.8 Å². The second-order valence-corrected chi connectivity index (χ2v) is 4.95. The third-order valence-electron chi connectivity index (χ3n) is 3.26. The van der Waals surface area contributed by atoms with E-state index in [0.29, 0.717) is 19.7 Å². The van der Waals surface area contributed by atoms with E-state index in [1.165, 1.54) is 6.07 Å². The molecule has 100 valence electrons. The molecule has 1 unspecified atom stereocenters. The highest BCUT2D eigenvalue weighted by Crippen LogP contribution is 2.21. The molecule has 2 rings (SSSR count). The van der Waals surface area contributed by atoms with Gasteiger partial charge in [-0.15, -0.1) is 0 Å². The van der Waals surface area contributed by atoms with Gasteiger partial charge >= 0.3 is 0 Å². The van der Waals surface area contributed by atoms with Crippen LogP contribution in [0, 0.1) is 5.82 Å². The first-order valence-corrected chi connectivity index (χ1v) is 6.31. The number of benzene rings is 1. The first-order chi connectivity index (χ1) is 8.65. The highest BCUT2D eigenvalue weighted by Gasteiger charge is 2.34. The smallest absolute Gasteiger partial charge is 0.142 e. The molecule has 3 nitrogen and oxygen atoms in total. The fourth-order valence-corrected chi connectivity index (χ4v) is 2.16. The molecule has 1 aliphatic rings. The Balaban J connectivity index is 1.86. The topological polar surface area (TPSA) is 30.5 Å². The van der Waals surface area contributed by atoms with Crippen molar-refractivity contribution in [3.8, 4) is 0 Å². The Morgan fingerprint density at radius 2 is 2.39 bits per heavy atom. The molecule has 0 aliphatic carbocycles. The first-order valence-electron chi connectivity index (χ1n) is 5.93. The normalized spacial score (nSPS) is 23.5. The summed E-state index contributed by atoms with van der Waals surface area (Å²) in [4.78, 5) is 0. The van der Waals surface area contributed by atoms with Crippen molar-refractivity contribution in [2.75, 3.05) is 26.9 Å². The molecule has 18 heavy (non-hydrogen) atoms. The zero-order valence-corrected chi connectivity index (χ0v) is 11.1. The molecule has 1 fully saturated rings. The van der Waals surface area contributed by atoms with Crippen molar-refractivity contribution in [3.63, 3.8) is 0 Å². The van der Waals surface area contributed by atoms with Gasteiger partial charge in [-0.2, -0.15) is 0 Å². The van der Waals surface area contributed by atoms with Crippen molar-refractivity contribution >= 4 is 11.6 Å². The number of nitrogens with one attached hydrogen (secondary N) is 1. The Kier molecular flexibility index (Phi) is 4.56. The van der Waals surface area contributed by atoms with Crippen LogP contribution in [0.5, 0.6) is 0 Å². The highest BCUT2D eigenvalue weighted by atomic mass is 35.5. The second kappa shape index (κ2) is 5.97. The maximum absolute atomic E-state index is 13.2. The summed E-state index contributed by atoms with van der Waals surface area (Å²) in [5.41, 5.74) is 0.618. The Morgan fingerprint density at radius 3 is 3.00 bits per heavy atom. The highest BCUT2D eigenvalue weighted by molar-refractivity contribution is 6.30. The summed E-state index contributed by atoms with van der Waals surface area (Å²) in [7, 11) is 1.69. The summed E-state index contributed by atoms with van der Waals surface area (Å²) >= 11 is 5.63. The molecular formula is C13H17ClFNO2. The van der Waals surface area contributed by atoms with Crippen LogP contribution in [0.4, 0.5) is 4.39 Å². The first kappa shape index (κ1) is 13.7. The summed E-state index contributed by atoms with van der Waals surface area (Å²) in [5, 5.41) is 3.42. The van der Waals surface area contributed by atoms with E-state index in [9.17, 15) is 4.39 Å². The van der Waals surface area contributed by atoms with Gasteiger partial charge in [0, 0.05) is 33.2 Å². The van der Waals surface area contributed by atoms with Gasteiger partial charge in [0.25, 0.3) is 0 Å². The summed E-state index contributed by atoms with van der Waals surface area (Å²) in [5.74, 6) is -0.387. The van der Waals surface area contributed by atoms with E-state index in [-0.39, 0.29) is 16.4 Å². The van der Waals surface area contributed by atoms with E-state index in [2.05, 4.69) is 5.32 Å². The predicted octanol–water partition coefficient (Wildman–Crippen LogP) is 2.37. The minimum Gasteiger partial charge on any atom is -0.378 e. The molecule has 0 bridgehead atoms. The lowest BCUT2D eigenvalue weighted by atomic mass is 10.0. The number of halogens is 2. The summed E-state index contributed by atoms with van der Waals surface area (Å²) in [6.45, 7) is 2.60. The third kappa shape index (κ3) is 3.20. The molecule has 0 radical (unpaired) electrons. The average Bonchev–Trinajstić information content (AvgIpc) is 2.83. The van der Waals surface area contributed by atoms with E-state index < -0.39 is 0 Å². The van der Waals surface area contributed by atoms with Gasteiger partial charge in [0.1, 0.15) is 11.4 Å².